The fraction of sp³-hybridized carbons (Fsp3) is 0.667. The fourth-order valence-electron chi connectivity index (χ4n) is 6.73. The van der Waals surface area contributed by atoms with E-state index in [1.165, 1.54) is 30.0 Å². The normalized spacial score (nSPS) is 29.8. The summed E-state index contributed by atoms with van der Waals surface area (Å²) in [5, 5.41) is 7.85. The second-order valence-corrected chi connectivity index (χ2v) is 10.6. The van der Waals surface area contributed by atoms with Crippen LogP contribution in [0.25, 0.3) is 10.9 Å². The Morgan fingerprint density at radius 3 is 2.32 bits per heavy atom. The van der Waals surface area contributed by atoms with Gasteiger partial charge in [-0.05, 0) is 80.8 Å². The number of anilines is 1. The number of carbonyl (C=O) groups excluding carboxylic acids is 1. The van der Waals surface area contributed by atoms with Crippen LogP contribution >= 0.6 is 0 Å². The lowest BCUT2D eigenvalue weighted by atomic mass is 9.49. The van der Waals surface area contributed by atoms with Crippen LogP contribution in [0, 0.1) is 29.1 Å². The maximum Gasteiger partial charge on any atom is 0.418 e. The highest BCUT2D eigenvalue weighted by atomic mass is 19.4. The van der Waals surface area contributed by atoms with Crippen molar-refractivity contribution < 1.29 is 18.0 Å². The number of amides is 1. The van der Waals surface area contributed by atoms with Crippen LogP contribution in [0.1, 0.15) is 64.4 Å². The molecule has 0 spiro atoms. The van der Waals surface area contributed by atoms with E-state index in [1.54, 1.807) is 6.07 Å². The molecule has 1 aromatic heterocycles. The van der Waals surface area contributed by atoms with Gasteiger partial charge in [-0.25, -0.2) is 0 Å². The molecule has 6 rings (SSSR count). The van der Waals surface area contributed by atoms with E-state index in [0.717, 1.165) is 25.3 Å². The summed E-state index contributed by atoms with van der Waals surface area (Å²) in [6.07, 6.45) is 2.65. The Balaban J connectivity index is 1.50. The topological polar surface area (TPSA) is 46.9 Å². The molecule has 4 aliphatic rings. The summed E-state index contributed by atoms with van der Waals surface area (Å²) in [5.41, 5.74) is -1.00. The van der Waals surface area contributed by atoms with Crippen molar-refractivity contribution in [1.82, 2.24) is 9.78 Å². The lowest BCUT2D eigenvalue weighted by Crippen LogP contribution is -2.51. The van der Waals surface area contributed by atoms with E-state index in [0.29, 0.717) is 42.0 Å². The zero-order valence-corrected chi connectivity index (χ0v) is 18.1. The van der Waals surface area contributed by atoms with Gasteiger partial charge in [-0.15, -0.1) is 0 Å². The standard InChI is InChI=1S/C24H30F3N3O/c1-14(2)6-7-30-20-18(4-3-5-19(20)24(25,26)27)21(29-30)28-22(31)23-11-15-8-16(12-23)10-17(9-15)13-23/h3-5,14-17H,6-13H2,1-2H3,(H,28,29,31). The van der Waals surface area contributed by atoms with Crippen LogP contribution in [0.15, 0.2) is 18.2 Å². The van der Waals surface area contributed by atoms with Crippen LogP contribution < -0.4 is 5.32 Å². The van der Waals surface area contributed by atoms with Gasteiger partial charge in [-0.1, -0.05) is 19.9 Å². The molecule has 1 aromatic carbocycles. The molecule has 4 saturated carbocycles. The average molecular weight is 434 g/mol. The number of fused-ring (bicyclic) bond motifs is 1. The number of rotatable bonds is 5. The molecule has 0 aliphatic heterocycles. The van der Waals surface area contributed by atoms with Crippen molar-refractivity contribution in [3.8, 4) is 0 Å². The molecule has 31 heavy (non-hydrogen) atoms. The quantitative estimate of drug-likeness (QED) is 0.605. The van der Waals surface area contributed by atoms with Gasteiger partial charge in [-0.2, -0.15) is 18.3 Å². The molecule has 0 unspecified atom stereocenters. The first-order valence-corrected chi connectivity index (χ1v) is 11.5. The Morgan fingerprint density at radius 2 is 1.77 bits per heavy atom. The summed E-state index contributed by atoms with van der Waals surface area (Å²) in [6.45, 7) is 4.45. The monoisotopic (exact) mass is 433 g/mol. The first kappa shape index (κ1) is 20.8. The van der Waals surface area contributed by atoms with E-state index in [4.69, 9.17) is 0 Å². The van der Waals surface area contributed by atoms with Gasteiger partial charge in [0, 0.05) is 11.9 Å². The number of aryl methyl sites for hydroxylation is 1. The molecule has 0 atom stereocenters. The molecule has 1 heterocycles. The van der Waals surface area contributed by atoms with Crippen molar-refractivity contribution in [2.45, 2.75) is 71.5 Å². The number of carbonyl (C=O) groups is 1. The van der Waals surface area contributed by atoms with Crippen molar-refractivity contribution in [1.29, 1.82) is 0 Å². The molecule has 4 aliphatic carbocycles. The molecule has 0 radical (unpaired) electrons. The molecule has 4 fully saturated rings. The molecular weight excluding hydrogens is 403 g/mol. The van der Waals surface area contributed by atoms with Gasteiger partial charge in [0.1, 0.15) is 0 Å². The third kappa shape index (κ3) is 3.64. The predicted molar refractivity (Wildman–Crippen MR) is 113 cm³/mol. The van der Waals surface area contributed by atoms with Crippen LogP contribution in [0.4, 0.5) is 19.0 Å². The van der Waals surface area contributed by atoms with Crippen LogP contribution in [0.5, 0.6) is 0 Å². The number of nitrogens with zero attached hydrogens (tertiary/aromatic N) is 2. The first-order chi connectivity index (χ1) is 14.6. The molecule has 4 bridgehead atoms. The van der Waals surface area contributed by atoms with Crippen molar-refractivity contribution >= 4 is 22.6 Å². The van der Waals surface area contributed by atoms with Crippen LogP contribution in [0.3, 0.4) is 0 Å². The molecule has 2 aromatic rings. The molecular formula is C24H30F3N3O. The van der Waals surface area contributed by atoms with E-state index < -0.39 is 11.7 Å². The van der Waals surface area contributed by atoms with Gasteiger partial charge in [-0.3, -0.25) is 9.48 Å². The van der Waals surface area contributed by atoms with E-state index in [-0.39, 0.29) is 22.7 Å². The summed E-state index contributed by atoms with van der Waals surface area (Å²) in [5.74, 6) is 2.42. The number of halogens is 3. The fourth-order valence-corrected chi connectivity index (χ4v) is 6.73. The second-order valence-electron chi connectivity index (χ2n) is 10.6. The SMILES string of the molecule is CC(C)CCn1nc(NC(=O)C23CC4CC(CC(C4)C2)C3)c2cccc(C(F)(F)F)c21. The summed E-state index contributed by atoms with van der Waals surface area (Å²) in [6, 6.07) is 4.14. The zero-order valence-electron chi connectivity index (χ0n) is 18.1. The zero-order chi connectivity index (χ0) is 22.0. The van der Waals surface area contributed by atoms with E-state index >= 15 is 0 Å². The van der Waals surface area contributed by atoms with Crippen molar-refractivity contribution in [3.05, 3.63) is 23.8 Å². The maximum absolute atomic E-state index is 13.7. The molecule has 0 saturated heterocycles. The average Bonchev–Trinajstić information content (AvgIpc) is 3.02. The summed E-state index contributed by atoms with van der Waals surface area (Å²) in [7, 11) is 0. The molecule has 168 valence electrons. The lowest BCUT2D eigenvalue weighted by Gasteiger charge is -2.55. The van der Waals surface area contributed by atoms with Crippen molar-refractivity contribution in [3.63, 3.8) is 0 Å². The minimum Gasteiger partial charge on any atom is -0.308 e. The Hall–Kier alpha value is -2.05. The van der Waals surface area contributed by atoms with Gasteiger partial charge in [0.05, 0.1) is 16.5 Å². The number of benzene rings is 1. The highest BCUT2D eigenvalue weighted by molar-refractivity contribution is 6.03. The molecule has 1 N–H and O–H groups in total. The number of alkyl halides is 3. The van der Waals surface area contributed by atoms with Crippen LogP contribution in [-0.2, 0) is 17.5 Å². The maximum atomic E-state index is 13.7. The number of hydrogen-bond acceptors (Lipinski definition) is 2. The van der Waals surface area contributed by atoms with E-state index in [2.05, 4.69) is 10.4 Å². The predicted octanol–water partition coefficient (Wildman–Crippen LogP) is 6.26. The van der Waals surface area contributed by atoms with E-state index in [1.807, 2.05) is 13.8 Å². The number of hydrogen-bond donors (Lipinski definition) is 1. The van der Waals surface area contributed by atoms with Crippen LogP contribution in [0.2, 0.25) is 0 Å². The molecule has 1 amide bonds. The first-order valence-electron chi connectivity index (χ1n) is 11.5. The number of para-hydroxylation sites is 1. The lowest BCUT2D eigenvalue weighted by molar-refractivity contribution is -0.140. The van der Waals surface area contributed by atoms with Crippen molar-refractivity contribution in [2.75, 3.05) is 5.32 Å². The van der Waals surface area contributed by atoms with Crippen LogP contribution in [-0.4, -0.2) is 15.7 Å². The van der Waals surface area contributed by atoms with Gasteiger partial charge in [0.25, 0.3) is 0 Å². The Labute approximate surface area is 180 Å². The summed E-state index contributed by atoms with van der Waals surface area (Å²) >= 11 is 0. The second kappa shape index (κ2) is 7.24. The smallest absolute Gasteiger partial charge is 0.308 e. The Morgan fingerprint density at radius 1 is 1.16 bits per heavy atom. The Kier molecular flexibility index (Phi) is 4.87. The minimum absolute atomic E-state index is 0.0422. The highest BCUT2D eigenvalue weighted by Gasteiger charge is 2.54. The third-order valence-electron chi connectivity index (χ3n) is 7.75. The summed E-state index contributed by atoms with van der Waals surface area (Å²) < 4.78 is 42.7. The largest absolute Gasteiger partial charge is 0.418 e. The summed E-state index contributed by atoms with van der Waals surface area (Å²) in [4.78, 5) is 13.5. The molecule has 7 heteroatoms. The van der Waals surface area contributed by atoms with Gasteiger partial charge in [0.2, 0.25) is 5.91 Å². The van der Waals surface area contributed by atoms with Crippen molar-refractivity contribution in [2.24, 2.45) is 29.1 Å². The number of nitrogens with one attached hydrogen (secondary N) is 1. The van der Waals surface area contributed by atoms with Gasteiger partial charge < -0.3 is 5.32 Å². The molecule has 4 nitrogen and oxygen atoms in total. The Bertz CT molecular complexity index is 972. The third-order valence-corrected chi connectivity index (χ3v) is 7.75. The highest BCUT2D eigenvalue weighted by Crippen LogP contribution is 2.60. The van der Waals surface area contributed by atoms with Gasteiger partial charge >= 0.3 is 6.18 Å². The minimum atomic E-state index is -4.48. The number of aromatic nitrogens is 2. The van der Waals surface area contributed by atoms with E-state index in [9.17, 15) is 18.0 Å². The van der Waals surface area contributed by atoms with Gasteiger partial charge in [0.15, 0.2) is 5.82 Å².